The summed E-state index contributed by atoms with van der Waals surface area (Å²) in [5.74, 6) is 1.02. The molecule has 0 unspecified atom stereocenters. The van der Waals surface area contributed by atoms with Crippen LogP contribution in [0.25, 0.3) is 5.69 Å². The molecule has 24 heavy (non-hydrogen) atoms. The van der Waals surface area contributed by atoms with Gasteiger partial charge in [0.05, 0.1) is 17.9 Å². The molecule has 7 heteroatoms. The van der Waals surface area contributed by atoms with Crippen molar-refractivity contribution < 1.29 is 5.11 Å². The highest BCUT2D eigenvalue weighted by molar-refractivity contribution is 6.36. The van der Waals surface area contributed by atoms with E-state index in [1.165, 1.54) is 0 Å². The first-order valence-corrected chi connectivity index (χ1v) is 8.08. The van der Waals surface area contributed by atoms with E-state index in [-0.39, 0.29) is 6.61 Å². The van der Waals surface area contributed by atoms with Crippen LogP contribution in [0.2, 0.25) is 10.0 Å². The molecule has 3 aromatic rings. The minimum atomic E-state index is -0.218. The van der Waals surface area contributed by atoms with Crippen LogP contribution >= 0.6 is 23.2 Å². The van der Waals surface area contributed by atoms with Gasteiger partial charge in [0.1, 0.15) is 6.61 Å². The van der Waals surface area contributed by atoms with Gasteiger partial charge in [0.2, 0.25) is 0 Å². The van der Waals surface area contributed by atoms with Crippen LogP contribution < -0.4 is 0 Å². The lowest BCUT2D eigenvalue weighted by atomic mass is 10.0. The predicted molar refractivity (Wildman–Crippen MR) is 93.1 cm³/mol. The number of hydrogen-bond donors (Lipinski definition) is 1. The van der Waals surface area contributed by atoms with E-state index in [1.807, 2.05) is 36.4 Å². The molecular formula is C17H12Cl2N4O. The van der Waals surface area contributed by atoms with Gasteiger partial charge in [-0.05, 0) is 24.3 Å². The molecule has 0 spiro atoms. The molecule has 0 radical (unpaired) electrons. The normalized spacial score (nSPS) is 13.0. The second kappa shape index (κ2) is 6.02. The molecule has 1 aromatic heterocycles. The van der Waals surface area contributed by atoms with Gasteiger partial charge in [-0.15, -0.1) is 5.10 Å². The Balaban J connectivity index is 1.98. The lowest BCUT2D eigenvalue weighted by Gasteiger charge is -2.12. The van der Waals surface area contributed by atoms with Gasteiger partial charge >= 0.3 is 0 Å². The molecule has 1 aliphatic rings. The van der Waals surface area contributed by atoms with E-state index in [9.17, 15) is 5.11 Å². The fourth-order valence-electron chi connectivity index (χ4n) is 2.76. The van der Waals surface area contributed by atoms with Crippen LogP contribution in [0.4, 0.5) is 0 Å². The fraction of sp³-hybridized carbons (Fsp3) is 0.118. The maximum Gasteiger partial charge on any atom is 0.176 e. The Morgan fingerprint density at radius 1 is 1.08 bits per heavy atom. The number of aliphatic hydroxyl groups excluding tert-OH is 1. The van der Waals surface area contributed by atoms with E-state index in [1.54, 1.807) is 10.7 Å². The predicted octanol–water partition coefficient (Wildman–Crippen LogP) is 3.42. The molecule has 4 rings (SSSR count). The number of halogens is 2. The van der Waals surface area contributed by atoms with Gasteiger partial charge in [-0.25, -0.2) is 9.67 Å². The molecule has 0 saturated carbocycles. The molecule has 5 nitrogen and oxygen atoms in total. The minimum absolute atomic E-state index is 0.218. The molecule has 0 saturated heterocycles. The van der Waals surface area contributed by atoms with Crippen molar-refractivity contribution in [3.63, 3.8) is 0 Å². The molecule has 0 bridgehead atoms. The van der Waals surface area contributed by atoms with Crippen LogP contribution in [0.15, 0.2) is 47.5 Å². The number of aliphatic imine (C=N–C) groups is 1. The monoisotopic (exact) mass is 358 g/mol. The van der Waals surface area contributed by atoms with Crippen molar-refractivity contribution in [3.8, 4) is 5.69 Å². The Kier molecular flexibility index (Phi) is 3.84. The maximum absolute atomic E-state index is 9.30. The van der Waals surface area contributed by atoms with E-state index >= 15 is 0 Å². The van der Waals surface area contributed by atoms with Crippen LogP contribution in [-0.2, 0) is 13.2 Å². The van der Waals surface area contributed by atoms with Crippen molar-refractivity contribution in [3.05, 3.63) is 75.3 Å². The number of aromatic nitrogens is 3. The molecule has 0 aliphatic carbocycles. The Morgan fingerprint density at radius 2 is 1.92 bits per heavy atom. The van der Waals surface area contributed by atoms with Crippen molar-refractivity contribution in [2.75, 3.05) is 0 Å². The lowest BCUT2D eigenvalue weighted by molar-refractivity contribution is 0.271. The SMILES string of the molecule is OCc1nc2n(n1)-c1ccc(Cl)cc1C(c1ccccc1Cl)=NC2. The number of fused-ring (bicyclic) bond motifs is 3. The van der Waals surface area contributed by atoms with Gasteiger partial charge in [0.25, 0.3) is 0 Å². The van der Waals surface area contributed by atoms with Crippen molar-refractivity contribution in [1.29, 1.82) is 0 Å². The number of rotatable bonds is 2. The minimum Gasteiger partial charge on any atom is -0.388 e. The molecule has 1 aliphatic heterocycles. The number of aliphatic hydroxyl groups is 1. The topological polar surface area (TPSA) is 63.3 Å². The van der Waals surface area contributed by atoms with Gasteiger partial charge < -0.3 is 5.11 Å². The highest BCUT2D eigenvalue weighted by Crippen LogP contribution is 2.29. The van der Waals surface area contributed by atoms with E-state index in [0.717, 1.165) is 22.5 Å². The van der Waals surface area contributed by atoms with E-state index in [4.69, 9.17) is 28.2 Å². The van der Waals surface area contributed by atoms with Crippen LogP contribution in [0, 0.1) is 0 Å². The standard InChI is InChI=1S/C17H12Cl2N4O/c18-10-5-6-14-12(7-10)17(11-3-1-2-4-13(11)19)20-8-16-21-15(9-24)22-23(14)16/h1-7,24H,8-9H2. The number of nitrogens with zero attached hydrogens (tertiary/aromatic N) is 4. The van der Waals surface area contributed by atoms with Crippen LogP contribution in [0.5, 0.6) is 0 Å². The Labute approximate surface area is 148 Å². The van der Waals surface area contributed by atoms with Gasteiger partial charge in [-0.3, -0.25) is 4.99 Å². The quantitative estimate of drug-likeness (QED) is 0.763. The first kappa shape index (κ1) is 15.3. The number of hydrogen-bond acceptors (Lipinski definition) is 4. The molecular weight excluding hydrogens is 347 g/mol. The molecule has 0 atom stereocenters. The Hall–Kier alpha value is -2.21. The molecule has 1 N–H and O–H groups in total. The smallest absolute Gasteiger partial charge is 0.176 e. The summed E-state index contributed by atoms with van der Waals surface area (Å²) in [6, 6.07) is 13.0. The van der Waals surface area contributed by atoms with Gasteiger partial charge in [-0.1, -0.05) is 41.4 Å². The third kappa shape index (κ3) is 2.51. The fourth-order valence-corrected chi connectivity index (χ4v) is 3.15. The molecule has 120 valence electrons. The largest absolute Gasteiger partial charge is 0.388 e. The maximum atomic E-state index is 9.30. The first-order valence-electron chi connectivity index (χ1n) is 7.32. The zero-order valence-electron chi connectivity index (χ0n) is 12.4. The zero-order valence-corrected chi connectivity index (χ0v) is 14.0. The first-order chi connectivity index (χ1) is 11.7. The summed E-state index contributed by atoms with van der Waals surface area (Å²) in [5, 5.41) is 14.9. The second-order valence-corrected chi connectivity index (χ2v) is 6.16. The second-order valence-electron chi connectivity index (χ2n) is 5.32. The average molecular weight is 359 g/mol. The van der Waals surface area contributed by atoms with Gasteiger partial charge in [-0.2, -0.15) is 0 Å². The third-order valence-corrected chi connectivity index (χ3v) is 4.37. The molecule has 2 aromatic carbocycles. The summed E-state index contributed by atoms with van der Waals surface area (Å²) in [5.41, 5.74) is 3.20. The van der Waals surface area contributed by atoms with Crippen molar-refractivity contribution in [2.24, 2.45) is 4.99 Å². The zero-order chi connectivity index (χ0) is 16.7. The molecule has 0 amide bonds. The lowest BCUT2D eigenvalue weighted by Crippen LogP contribution is -2.09. The van der Waals surface area contributed by atoms with Crippen molar-refractivity contribution in [2.45, 2.75) is 13.2 Å². The summed E-state index contributed by atoms with van der Waals surface area (Å²) in [7, 11) is 0. The van der Waals surface area contributed by atoms with Crippen LogP contribution in [0.3, 0.4) is 0 Å². The van der Waals surface area contributed by atoms with E-state index in [0.29, 0.717) is 28.2 Å². The molecule has 2 heterocycles. The Morgan fingerprint density at radius 3 is 2.71 bits per heavy atom. The third-order valence-electron chi connectivity index (χ3n) is 3.81. The van der Waals surface area contributed by atoms with E-state index < -0.39 is 0 Å². The van der Waals surface area contributed by atoms with Crippen molar-refractivity contribution >= 4 is 28.9 Å². The molecule has 0 fully saturated rings. The van der Waals surface area contributed by atoms with E-state index in [2.05, 4.69) is 10.1 Å². The van der Waals surface area contributed by atoms with Gasteiger partial charge in [0, 0.05) is 21.2 Å². The van der Waals surface area contributed by atoms with Gasteiger partial charge in [0.15, 0.2) is 11.6 Å². The van der Waals surface area contributed by atoms with Crippen LogP contribution in [-0.4, -0.2) is 25.6 Å². The summed E-state index contributed by atoms with van der Waals surface area (Å²) in [6.45, 7) is 0.115. The summed E-state index contributed by atoms with van der Waals surface area (Å²) in [6.07, 6.45) is 0. The summed E-state index contributed by atoms with van der Waals surface area (Å²) < 4.78 is 1.70. The highest BCUT2D eigenvalue weighted by atomic mass is 35.5. The summed E-state index contributed by atoms with van der Waals surface area (Å²) in [4.78, 5) is 9.02. The average Bonchev–Trinajstić information content (AvgIpc) is 2.94. The Bertz CT molecular complexity index is 965. The highest BCUT2D eigenvalue weighted by Gasteiger charge is 2.22. The number of benzene rings is 2. The van der Waals surface area contributed by atoms with Crippen LogP contribution in [0.1, 0.15) is 22.8 Å². The van der Waals surface area contributed by atoms with Crippen molar-refractivity contribution in [1.82, 2.24) is 14.8 Å². The summed E-state index contributed by atoms with van der Waals surface area (Å²) >= 11 is 12.6.